The second kappa shape index (κ2) is 4.78. The van der Waals surface area contributed by atoms with Gasteiger partial charge in [0, 0.05) is 11.5 Å². The predicted octanol–water partition coefficient (Wildman–Crippen LogP) is 2.91. The highest BCUT2D eigenvalue weighted by atomic mass is 16.5. The summed E-state index contributed by atoms with van der Waals surface area (Å²) in [7, 11) is 0. The van der Waals surface area contributed by atoms with Crippen LogP contribution in [0.3, 0.4) is 0 Å². The summed E-state index contributed by atoms with van der Waals surface area (Å²) in [4.78, 5) is 11.2. The smallest absolute Gasteiger partial charge is 0.306 e. The Balaban J connectivity index is 2.13. The van der Waals surface area contributed by atoms with E-state index in [9.17, 15) is 9.90 Å². The van der Waals surface area contributed by atoms with E-state index in [1.807, 2.05) is 38.1 Å². The number of ether oxygens (including phenoxy) is 1. The number of fused-ring (bicyclic) bond motifs is 1. The normalized spacial score (nSPS) is 19.8. The number of aliphatic carboxylic acids is 1. The van der Waals surface area contributed by atoms with Crippen molar-refractivity contribution >= 4 is 5.97 Å². The number of rotatable bonds is 4. The first-order chi connectivity index (χ1) is 8.09. The summed E-state index contributed by atoms with van der Waals surface area (Å²) in [6.45, 7) is 4.52. The van der Waals surface area contributed by atoms with Crippen LogP contribution in [-0.2, 0) is 4.79 Å². The van der Waals surface area contributed by atoms with Gasteiger partial charge in [0.05, 0.1) is 12.5 Å². The fourth-order valence-electron chi connectivity index (χ4n) is 2.39. The Morgan fingerprint density at radius 2 is 2.18 bits per heavy atom. The zero-order valence-corrected chi connectivity index (χ0v) is 10.2. The molecule has 0 saturated carbocycles. The van der Waals surface area contributed by atoms with E-state index in [-0.39, 0.29) is 17.8 Å². The molecule has 17 heavy (non-hydrogen) atoms. The van der Waals surface area contributed by atoms with Crippen LogP contribution in [-0.4, -0.2) is 17.7 Å². The number of benzene rings is 1. The first-order valence-corrected chi connectivity index (χ1v) is 6.04. The summed E-state index contributed by atoms with van der Waals surface area (Å²) in [5, 5.41) is 9.21. The maximum atomic E-state index is 11.2. The van der Waals surface area contributed by atoms with Crippen molar-refractivity contribution in [3.63, 3.8) is 0 Å². The van der Waals surface area contributed by atoms with Gasteiger partial charge >= 0.3 is 5.97 Å². The summed E-state index contributed by atoms with van der Waals surface area (Å²) in [6.07, 6.45) is 0.657. The second-order valence-electron chi connectivity index (χ2n) is 4.97. The summed E-state index contributed by atoms with van der Waals surface area (Å²) in [5.41, 5.74) is 1.15. The van der Waals surface area contributed by atoms with Crippen LogP contribution in [0.5, 0.6) is 5.75 Å². The molecule has 1 N–H and O–H groups in total. The fourth-order valence-corrected chi connectivity index (χ4v) is 2.39. The van der Waals surface area contributed by atoms with Gasteiger partial charge in [-0.05, 0) is 18.4 Å². The minimum absolute atomic E-state index is 0.153. The van der Waals surface area contributed by atoms with Crippen molar-refractivity contribution in [2.45, 2.75) is 26.2 Å². The van der Waals surface area contributed by atoms with E-state index in [1.165, 1.54) is 0 Å². The molecule has 0 radical (unpaired) electrons. The van der Waals surface area contributed by atoms with Crippen molar-refractivity contribution in [3.05, 3.63) is 29.8 Å². The minimum Gasteiger partial charge on any atom is -0.493 e. The lowest BCUT2D eigenvalue weighted by Gasteiger charge is -2.19. The molecular weight excluding hydrogens is 216 g/mol. The molecule has 1 aliphatic rings. The molecule has 0 aromatic heterocycles. The molecule has 1 aromatic carbocycles. The summed E-state index contributed by atoms with van der Waals surface area (Å²) in [6, 6.07) is 7.90. The maximum absolute atomic E-state index is 11.2. The van der Waals surface area contributed by atoms with Crippen LogP contribution in [0.4, 0.5) is 0 Å². The highest BCUT2D eigenvalue weighted by molar-refractivity contribution is 5.70. The molecule has 92 valence electrons. The summed E-state index contributed by atoms with van der Waals surface area (Å²) in [5.74, 6) is 0.277. The Labute approximate surface area is 101 Å². The average Bonchev–Trinajstić information content (AvgIpc) is 2.68. The molecule has 0 amide bonds. The standard InChI is InChI=1S/C14H18O3/c1-9(2)12(14(15)16)7-10-8-17-13-6-4-3-5-11(10)13/h3-6,9-10,12H,7-8H2,1-2H3,(H,15,16). The molecule has 0 bridgehead atoms. The summed E-state index contributed by atoms with van der Waals surface area (Å²) < 4.78 is 5.58. The zero-order chi connectivity index (χ0) is 12.4. The molecule has 0 saturated heterocycles. The van der Waals surface area contributed by atoms with E-state index in [2.05, 4.69) is 0 Å². The Morgan fingerprint density at radius 1 is 1.47 bits per heavy atom. The third-order valence-corrected chi connectivity index (χ3v) is 3.46. The van der Waals surface area contributed by atoms with Gasteiger partial charge in [0.15, 0.2) is 0 Å². The lowest BCUT2D eigenvalue weighted by molar-refractivity contribution is -0.143. The van der Waals surface area contributed by atoms with Gasteiger partial charge in [-0.3, -0.25) is 4.79 Å². The van der Waals surface area contributed by atoms with E-state index in [0.29, 0.717) is 13.0 Å². The molecule has 0 aliphatic carbocycles. The van der Waals surface area contributed by atoms with Crippen molar-refractivity contribution in [3.8, 4) is 5.75 Å². The van der Waals surface area contributed by atoms with Gasteiger partial charge in [-0.25, -0.2) is 0 Å². The molecule has 2 unspecified atom stereocenters. The molecule has 1 heterocycles. The number of carboxylic acids is 1. The average molecular weight is 234 g/mol. The van der Waals surface area contributed by atoms with E-state index >= 15 is 0 Å². The number of carbonyl (C=O) groups is 1. The third kappa shape index (κ3) is 2.43. The quantitative estimate of drug-likeness (QED) is 0.871. The number of hydrogen-bond donors (Lipinski definition) is 1. The van der Waals surface area contributed by atoms with Crippen LogP contribution >= 0.6 is 0 Å². The van der Waals surface area contributed by atoms with Gasteiger partial charge in [-0.2, -0.15) is 0 Å². The van der Waals surface area contributed by atoms with Crippen molar-refractivity contribution in [2.24, 2.45) is 11.8 Å². The van der Waals surface area contributed by atoms with Gasteiger partial charge in [-0.1, -0.05) is 32.0 Å². The predicted molar refractivity (Wildman–Crippen MR) is 65.3 cm³/mol. The Morgan fingerprint density at radius 3 is 2.82 bits per heavy atom. The van der Waals surface area contributed by atoms with Gasteiger partial charge < -0.3 is 9.84 Å². The number of hydrogen-bond acceptors (Lipinski definition) is 2. The van der Waals surface area contributed by atoms with Crippen LogP contribution in [0, 0.1) is 11.8 Å². The maximum Gasteiger partial charge on any atom is 0.306 e. The molecule has 1 aromatic rings. The fraction of sp³-hybridized carbons (Fsp3) is 0.500. The van der Waals surface area contributed by atoms with Gasteiger partial charge in [0.1, 0.15) is 5.75 Å². The molecule has 1 aliphatic heterocycles. The number of para-hydroxylation sites is 1. The summed E-state index contributed by atoms with van der Waals surface area (Å²) >= 11 is 0. The van der Waals surface area contributed by atoms with Crippen molar-refractivity contribution in [1.82, 2.24) is 0 Å². The van der Waals surface area contributed by atoms with Crippen LogP contribution < -0.4 is 4.74 Å². The van der Waals surface area contributed by atoms with E-state index < -0.39 is 5.97 Å². The largest absolute Gasteiger partial charge is 0.493 e. The van der Waals surface area contributed by atoms with Gasteiger partial charge in [0.2, 0.25) is 0 Å². The van der Waals surface area contributed by atoms with Crippen LogP contribution in [0.1, 0.15) is 31.7 Å². The van der Waals surface area contributed by atoms with Crippen molar-refractivity contribution in [1.29, 1.82) is 0 Å². The van der Waals surface area contributed by atoms with E-state index in [4.69, 9.17) is 4.74 Å². The highest BCUT2D eigenvalue weighted by Gasteiger charge is 2.31. The first kappa shape index (κ1) is 12.0. The molecule has 0 fully saturated rings. The Bertz CT molecular complexity index is 412. The third-order valence-electron chi connectivity index (χ3n) is 3.46. The monoisotopic (exact) mass is 234 g/mol. The highest BCUT2D eigenvalue weighted by Crippen LogP contribution is 2.38. The van der Waals surface area contributed by atoms with Gasteiger partial charge in [0.25, 0.3) is 0 Å². The van der Waals surface area contributed by atoms with Crippen molar-refractivity contribution < 1.29 is 14.6 Å². The molecule has 2 atom stereocenters. The minimum atomic E-state index is -0.704. The molecule has 3 nitrogen and oxygen atoms in total. The second-order valence-corrected chi connectivity index (χ2v) is 4.97. The number of carboxylic acid groups (broad SMARTS) is 1. The lowest BCUT2D eigenvalue weighted by atomic mass is 9.84. The van der Waals surface area contributed by atoms with Crippen LogP contribution in [0.2, 0.25) is 0 Å². The molecule has 3 heteroatoms. The topological polar surface area (TPSA) is 46.5 Å². The molecular formula is C14H18O3. The van der Waals surface area contributed by atoms with Crippen LogP contribution in [0.25, 0.3) is 0 Å². The van der Waals surface area contributed by atoms with E-state index in [1.54, 1.807) is 0 Å². The lowest BCUT2D eigenvalue weighted by Crippen LogP contribution is -2.22. The zero-order valence-electron chi connectivity index (χ0n) is 10.2. The molecule has 2 rings (SSSR count). The SMILES string of the molecule is CC(C)C(CC1COc2ccccc21)C(=O)O. The molecule has 0 spiro atoms. The Hall–Kier alpha value is -1.51. The van der Waals surface area contributed by atoms with Crippen molar-refractivity contribution in [2.75, 3.05) is 6.61 Å². The van der Waals surface area contributed by atoms with Gasteiger partial charge in [-0.15, -0.1) is 0 Å². The van der Waals surface area contributed by atoms with Crippen LogP contribution in [0.15, 0.2) is 24.3 Å². The first-order valence-electron chi connectivity index (χ1n) is 6.04. The van der Waals surface area contributed by atoms with E-state index in [0.717, 1.165) is 11.3 Å². The Kier molecular flexibility index (Phi) is 3.36.